The first-order valence-electron chi connectivity index (χ1n) is 10.9. The summed E-state index contributed by atoms with van der Waals surface area (Å²) in [6.45, 7) is 7.93. The van der Waals surface area contributed by atoms with Gasteiger partial charge in [-0.05, 0) is 25.7 Å². The second kappa shape index (κ2) is 13.1. The molecule has 6 nitrogen and oxygen atoms in total. The van der Waals surface area contributed by atoms with Gasteiger partial charge in [-0.1, -0.05) is 32.1 Å². The Morgan fingerprint density at radius 2 is 1.81 bits per heavy atom. The first kappa shape index (κ1) is 22.2. The van der Waals surface area contributed by atoms with Crippen molar-refractivity contribution in [1.29, 1.82) is 0 Å². The van der Waals surface area contributed by atoms with Crippen LogP contribution in [0.2, 0.25) is 0 Å². The Morgan fingerprint density at radius 3 is 2.52 bits per heavy atom. The van der Waals surface area contributed by atoms with Gasteiger partial charge in [0.05, 0.1) is 26.2 Å². The summed E-state index contributed by atoms with van der Waals surface area (Å²) in [5.41, 5.74) is 0. The van der Waals surface area contributed by atoms with E-state index in [-0.39, 0.29) is 11.9 Å². The van der Waals surface area contributed by atoms with E-state index in [1.165, 1.54) is 32.1 Å². The van der Waals surface area contributed by atoms with Gasteiger partial charge in [0.25, 0.3) is 0 Å². The van der Waals surface area contributed by atoms with Gasteiger partial charge in [0.2, 0.25) is 5.91 Å². The third-order valence-corrected chi connectivity index (χ3v) is 5.74. The molecule has 0 atom stereocenters. The quantitative estimate of drug-likeness (QED) is 0.514. The molecule has 1 saturated heterocycles. The highest BCUT2D eigenvalue weighted by molar-refractivity contribution is 5.77. The SMILES string of the molecule is CCOC(=O)CCN(CCCN1CCOCC1)C(=O)CCC1CCCCC1. The molecule has 156 valence electrons. The molecule has 1 saturated carbocycles. The van der Waals surface area contributed by atoms with Crippen molar-refractivity contribution in [1.82, 2.24) is 9.80 Å². The van der Waals surface area contributed by atoms with Gasteiger partial charge in [-0.2, -0.15) is 0 Å². The van der Waals surface area contributed by atoms with Gasteiger partial charge in [-0.3, -0.25) is 14.5 Å². The predicted molar refractivity (Wildman–Crippen MR) is 106 cm³/mol. The van der Waals surface area contributed by atoms with Crippen LogP contribution in [0.5, 0.6) is 0 Å². The molecule has 0 aromatic heterocycles. The van der Waals surface area contributed by atoms with Gasteiger partial charge in [0.15, 0.2) is 0 Å². The van der Waals surface area contributed by atoms with Crippen LogP contribution >= 0.6 is 0 Å². The predicted octanol–water partition coefficient (Wildman–Crippen LogP) is 2.85. The Labute approximate surface area is 164 Å². The van der Waals surface area contributed by atoms with Crippen molar-refractivity contribution in [3.05, 3.63) is 0 Å². The number of morpholine rings is 1. The normalized spacial score (nSPS) is 19.0. The molecule has 1 amide bonds. The first-order valence-corrected chi connectivity index (χ1v) is 10.9. The molecule has 0 bridgehead atoms. The summed E-state index contributed by atoms with van der Waals surface area (Å²) in [5, 5.41) is 0. The smallest absolute Gasteiger partial charge is 0.307 e. The zero-order valence-corrected chi connectivity index (χ0v) is 17.1. The lowest BCUT2D eigenvalue weighted by atomic mass is 9.86. The summed E-state index contributed by atoms with van der Waals surface area (Å²) in [7, 11) is 0. The zero-order valence-electron chi connectivity index (χ0n) is 17.1. The lowest BCUT2D eigenvalue weighted by Gasteiger charge is -2.29. The first-order chi connectivity index (χ1) is 13.2. The minimum atomic E-state index is -0.212. The summed E-state index contributed by atoms with van der Waals surface area (Å²) < 4.78 is 10.4. The van der Waals surface area contributed by atoms with Crippen LogP contribution in [0.15, 0.2) is 0 Å². The Hall–Kier alpha value is -1.14. The van der Waals surface area contributed by atoms with Crippen LogP contribution in [0.1, 0.15) is 64.7 Å². The maximum Gasteiger partial charge on any atom is 0.307 e. The van der Waals surface area contributed by atoms with E-state index in [4.69, 9.17) is 9.47 Å². The molecule has 0 radical (unpaired) electrons. The van der Waals surface area contributed by atoms with Gasteiger partial charge in [0.1, 0.15) is 0 Å². The van der Waals surface area contributed by atoms with Crippen LogP contribution in [0.4, 0.5) is 0 Å². The third-order valence-electron chi connectivity index (χ3n) is 5.74. The van der Waals surface area contributed by atoms with Crippen molar-refractivity contribution < 1.29 is 19.1 Å². The van der Waals surface area contributed by atoms with E-state index >= 15 is 0 Å². The fourth-order valence-electron chi connectivity index (χ4n) is 4.09. The van der Waals surface area contributed by atoms with Crippen molar-refractivity contribution in [2.45, 2.75) is 64.7 Å². The Kier molecular flexibility index (Phi) is 10.8. The minimum absolute atomic E-state index is 0.201. The Morgan fingerprint density at radius 1 is 1.07 bits per heavy atom. The number of hydrogen-bond acceptors (Lipinski definition) is 5. The minimum Gasteiger partial charge on any atom is -0.466 e. The lowest BCUT2D eigenvalue weighted by Crippen LogP contribution is -2.39. The van der Waals surface area contributed by atoms with Crippen molar-refractivity contribution in [3.63, 3.8) is 0 Å². The summed E-state index contributed by atoms with van der Waals surface area (Å²) in [6.07, 6.45) is 9.36. The number of ether oxygens (including phenoxy) is 2. The number of rotatable bonds is 11. The van der Waals surface area contributed by atoms with E-state index < -0.39 is 0 Å². The molecule has 2 aliphatic rings. The fraction of sp³-hybridized carbons (Fsp3) is 0.905. The fourth-order valence-corrected chi connectivity index (χ4v) is 4.09. The number of hydrogen-bond donors (Lipinski definition) is 0. The number of amides is 1. The van der Waals surface area contributed by atoms with Gasteiger partial charge >= 0.3 is 5.97 Å². The van der Waals surface area contributed by atoms with Crippen LogP contribution < -0.4 is 0 Å². The van der Waals surface area contributed by atoms with Crippen LogP contribution in [0.25, 0.3) is 0 Å². The number of esters is 1. The van der Waals surface area contributed by atoms with Crippen LogP contribution in [0, 0.1) is 5.92 Å². The van der Waals surface area contributed by atoms with E-state index in [0.29, 0.717) is 31.9 Å². The standard InChI is InChI=1S/C21H38N2O4/c1-2-27-21(25)11-14-23(13-6-12-22-15-17-26-18-16-22)20(24)10-9-19-7-4-3-5-8-19/h19H,2-18H2,1H3. The zero-order chi connectivity index (χ0) is 19.3. The molecule has 0 unspecified atom stereocenters. The molecule has 27 heavy (non-hydrogen) atoms. The van der Waals surface area contributed by atoms with Crippen molar-refractivity contribution in [2.24, 2.45) is 5.92 Å². The molecular weight excluding hydrogens is 344 g/mol. The van der Waals surface area contributed by atoms with Crippen molar-refractivity contribution >= 4 is 11.9 Å². The van der Waals surface area contributed by atoms with Crippen molar-refractivity contribution in [3.8, 4) is 0 Å². The summed E-state index contributed by atoms with van der Waals surface area (Å²) in [6, 6.07) is 0. The van der Waals surface area contributed by atoms with Gasteiger partial charge in [-0.25, -0.2) is 0 Å². The highest BCUT2D eigenvalue weighted by atomic mass is 16.5. The topological polar surface area (TPSA) is 59.1 Å². The summed E-state index contributed by atoms with van der Waals surface area (Å²) in [4.78, 5) is 28.8. The monoisotopic (exact) mass is 382 g/mol. The van der Waals surface area contributed by atoms with Crippen LogP contribution in [0.3, 0.4) is 0 Å². The number of carbonyl (C=O) groups is 2. The lowest BCUT2D eigenvalue weighted by molar-refractivity contribution is -0.144. The van der Waals surface area contributed by atoms with E-state index in [2.05, 4.69) is 4.90 Å². The van der Waals surface area contributed by atoms with Gasteiger partial charge in [-0.15, -0.1) is 0 Å². The van der Waals surface area contributed by atoms with E-state index in [1.807, 2.05) is 11.8 Å². The van der Waals surface area contributed by atoms with Crippen LogP contribution in [-0.2, 0) is 19.1 Å². The molecule has 0 spiro atoms. The second-order valence-corrected chi connectivity index (χ2v) is 7.79. The molecular formula is C21H38N2O4. The van der Waals surface area contributed by atoms with E-state index in [9.17, 15) is 9.59 Å². The maximum absolute atomic E-state index is 12.8. The summed E-state index contributed by atoms with van der Waals surface area (Å²) in [5.74, 6) is 0.700. The largest absolute Gasteiger partial charge is 0.466 e. The highest BCUT2D eigenvalue weighted by Gasteiger charge is 2.19. The molecule has 0 aromatic rings. The summed E-state index contributed by atoms with van der Waals surface area (Å²) >= 11 is 0. The average Bonchev–Trinajstić information content (AvgIpc) is 2.70. The van der Waals surface area contributed by atoms with Gasteiger partial charge in [0, 0.05) is 39.1 Å². The Balaban J connectivity index is 1.75. The molecule has 0 aromatic carbocycles. The Bertz CT molecular complexity index is 432. The molecule has 1 aliphatic carbocycles. The molecule has 1 aliphatic heterocycles. The van der Waals surface area contributed by atoms with Crippen molar-refractivity contribution in [2.75, 3.05) is 52.5 Å². The molecule has 0 N–H and O–H groups in total. The number of carbonyl (C=O) groups excluding carboxylic acids is 2. The molecule has 2 fully saturated rings. The van der Waals surface area contributed by atoms with E-state index in [1.54, 1.807) is 0 Å². The average molecular weight is 383 g/mol. The highest BCUT2D eigenvalue weighted by Crippen LogP contribution is 2.27. The van der Waals surface area contributed by atoms with Gasteiger partial charge < -0.3 is 14.4 Å². The molecule has 1 heterocycles. The molecule has 2 rings (SSSR count). The third kappa shape index (κ3) is 9.06. The maximum atomic E-state index is 12.8. The van der Waals surface area contributed by atoms with Crippen LogP contribution in [-0.4, -0.2) is 74.2 Å². The number of nitrogens with zero attached hydrogens (tertiary/aromatic N) is 2. The van der Waals surface area contributed by atoms with E-state index in [0.717, 1.165) is 52.2 Å². The second-order valence-electron chi connectivity index (χ2n) is 7.79. The molecule has 6 heteroatoms.